The molecule has 3 aromatic rings. The Labute approximate surface area is 169 Å². The summed E-state index contributed by atoms with van der Waals surface area (Å²) in [5.41, 5.74) is 3.80. The average molecular weight is 394 g/mol. The van der Waals surface area contributed by atoms with E-state index in [2.05, 4.69) is 34.7 Å². The number of nitrogens with zero attached hydrogens (tertiary/aromatic N) is 8. The molecule has 0 aliphatic carbocycles. The lowest BCUT2D eigenvalue weighted by Gasteiger charge is -2.22. The predicted octanol–water partition coefficient (Wildman–Crippen LogP) is 1.45. The normalized spacial score (nSPS) is 21.3. The van der Waals surface area contributed by atoms with Gasteiger partial charge in [-0.05, 0) is 19.9 Å². The Balaban J connectivity index is 1.33. The first kappa shape index (κ1) is 18.2. The van der Waals surface area contributed by atoms with Crippen LogP contribution in [0.3, 0.4) is 0 Å². The van der Waals surface area contributed by atoms with Crippen LogP contribution in [0.1, 0.15) is 11.4 Å². The van der Waals surface area contributed by atoms with Gasteiger partial charge in [-0.1, -0.05) is 0 Å². The fraction of sp³-hybridized carbons (Fsp3) is 0.550. The summed E-state index contributed by atoms with van der Waals surface area (Å²) in [4.78, 5) is 27.6. The van der Waals surface area contributed by atoms with Gasteiger partial charge in [-0.15, -0.1) is 0 Å². The Hall–Kier alpha value is -2.81. The molecule has 29 heavy (non-hydrogen) atoms. The van der Waals surface area contributed by atoms with E-state index in [0.29, 0.717) is 18.4 Å². The van der Waals surface area contributed by atoms with Crippen molar-refractivity contribution in [3.05, 3.63) is 30.1 Å². The fourth-order valence-corrected chi connectivity index (χ4v) is 4.63. The third-order valence-corrected chi connectivity index (χ3v) is 5.96. The molecule has 2 atom stereocenters. The van der Waals surface area contributed by atoms with Crippen LogP contribution >= 0.6 is 0 Å². The van der Waals surface area contributed by atoms with Crippen molar-refractivity contribution in [1.29, 1.82) is 0 Å². The molecule has 2 aliphatic rings. The van der Waals surface area contributed by atoms with Crippen molar-refractivity contribution in [2.24, 2.45) is 11.8 Å². The molecule has 2 unspecified atom stereocenters. The lowest BCUT2D eigenvalue weighted by Crippen LogP contribution is -2.30. The molecule has 2 fully saturated rings. The second-order valence-electron chi connectivity index (χ2n) is 8.08. The molecule has 2 saturated heterocycles. The van der Waals surface area contributed by atoms with Gasteiger partial charge in [0.25, 0.3) is 0 Å². The maximum Gasteiger partial charge on any atom is 0.225 e. The molecular weight excluding hydrogens is 368 g/mol. The molecule has 2 aliphatic heterocycles. The number of aromatic nitrogens is 6. The van der Waals surface area contributed by atoms with Gasteiger partial charge in [-0.25, -0.2) is 24.9 Å². The molecule has 9 heteroatoms. The van der Waals surface area contributed by atoms with Gasteiger partial charge >= 0.3 is 0 Å². The second-order valence-corrected chi connectivity index (χ2v) is 8.08. The first-order valence-electron chi connectivity index (χ1n) is 10.1. The maximum atomic E-state index is 5.19. The smallest absolute Gasteiger partial charge is 0.225 e. The number of aryl methyl sites for hydroxylation is 2. The van der Waals surface area contributed by atoms with Crippen LogP contribution in [0, 0.1) is 25.7 Å². The van der Waals surface area contributed by atoms with Crippen molar-refractivity contribution in [2.45, 2.75) is 20.4 Å². The Bertz CT molecular complexity index is 1000. The number of anilines is 2. The third-order valence-electron chi connectivity index (χ3n) is 5.96. The van der Waals surface area contributed by atoms with E-state index in [9.17, 15) is 0 Å². The fourth-order valence-electron chi connectivity index (χ4n) is 4.63. The van der Waals surface area contributed by atoms with Gasteiger partial charge in [0.1, 0.15) is 6.33 Å². The highest BCUT2D eigenvalue weighted by Gasteiger charge is 2.42. The van der Waals surface area contributed by atoms with E-state index >= 15 is 0 Å². The van der Waals surface area contributed by atoms with Gasteiger partial charge in [0.15, 0.2) is 17.0 Å². The van der Waals surface area contributed by atoms with E-state index < -0.39 is 0 Å². The SMILES string of the molecule is COCCn1cnc2c(N3CC4CN(c5nc(C)cc(C)n5)CC4C3)ncnc21. The largest absolute Gasteiger partial charge is 0.383 e. The molecule has 3 aromatic heterocycles. The highest BCUT2D eigenvalue weighted by atomic mass is 16.5. The average Bonchev–Trinajstić information content (AvgIpc) is 3.38. The van der Waals surface area contributed by atoms with Gasteiger partial charge in [0.2, 0.25) is 5.95 Å². The zero-order valence-corrected chi connectivity index (χ0v) is 17.1. The van der Waals surface area contributed by atoms with Crippen molar-refractivity contribution in [1.82, 2.24) is 29.5 Å². The molecule has 0 N–H and O–H groups in total. The highest BCUT2D eigenvalue weighted by Crippen LogP contribution is 2.36. The summed E-state index contributed by atoms with van der Waals surface area (Å²) in [5.74, 6) is 2.97. The molecule has 0 saturated carbocycles. The van der Waals surface area contributed by atoms with Crippen LogP contribution in [0.25, 0.3) is 11.2 Å². The van der Waals surface area contributed by atoms with Crippen LogP contribution in [0.15, 0.2) is 18.7 Å². The van der Waals surface area contributed by atoms with E-state index in [1.165, 1.54) is 0 Å². The molecule has 0 bridgehead atoms. The minimum atomic E-state index is 0.583. The topological polar surface area (TPSA) is 85.1 Å². The number of methoxy groups -OCH3 is 1. The van der Waals surface area contributed by atoms with Crippen molar-refractivity contribution in [3.63, 3.8) is 0 Å². The Kier molecular flexibility index (Phi) is 4.54. The highest BCUT2D eigenvalue weighted by molar-refractivity contribution is 5.83. The molecule has 0 aromatic carbocycles. The number of imidazole rings is 1. The van der Waals surface area contributed by atoms with Crippen molar-refractivity contribution >= 4 is 22.9 Å². The molecule has 0 radical (unpaired) electrons. The first-order chi connectivity index (χ1) is 14.1. The van der Waals surface area contributed by atoms with Crippen LogP contribution in [0.4, 0.5) is 11.8 Å². The molecule has 0 amide bonds. The zero-order valence-electron chi connectivity index (χ0n) is 17.1. The molecule has 5 rings (SSSR count). The Morgan fingerprint density at radius 2 is 1.66 bits per heavy atom. The molecule has 152 valence electrons. The van der Waals surface area contributed by atoms with Gasteiger partial charge in [-0.3, -0.25) is 0 Å². The standard InChI is InChI=1S/C20H26N8O/c1-13-6-14(2)25-20(24-13)28-9-15-7-27(8-16(15)10-28)19-17-18(21-11-22-19)26(12-23-17)4-5-29-3/h6,11-12,15-16H,4-5,7-10H2,1-3H3. The van der Waals surface area contributed by atoms with E-state index in [1.54, 1.807) is 13.4 Å². The monoisotopic (exact) mass is 394 g/mol. The second kappa shape index (κ2) is 7.22. The number of rotatable bonds is 5. The first-order valence-corrected chi connectivity index (χ1v) is 10.1. The quantitative estimate of drug-likeness (QED) is 0.643. The number of ether oxygens (including phenoxy) is 1. The van der Waals surface area contributed by atoms with Crippen molar-refractivity contribution in [3.8, 4) is 0 Å². The number of fused-ring (bicyclic) bond motifs is 2. The lowest BCUT2D eigenvalue weighted by molar-refractivity contribution is 0.188. The van der Waals surface area contributed by atoms with Gasteiger partial charge < -0.3 is 19.1 Å². The van der Waals surface area contributed by atoms with E-state index in [4.69, 9.17) is 4.74 Å². The summed E-state index contributed by atoms with van der Waals surface area (Å²) in [5, 5.41) is 0. The zero-order chi connectivity index (χ0) is 20.0. The Morgan fingerprint density at radius 3 is 2.34 bits per heavy atom. The van der Waals surface area contributed by atoms with E-state index in [0.717, 1.165) is 67.0 Å². The molecular formula is C20H26N8O. The minimum absolute atomic E-state index is 0.583. The van der Waals surface area contributed by atoms with Crippen LogP contribution in [-0.2, 0) is 11.3 Å². The predicted molar refractivity (Wildman–Crippen MR) is 110 cm³/mol. The summed E-state index contributed by atoms with van der Waals surface area (Å²) < 4.78 is 7.22. The number of hydrogen-bond acceptors (Lipinski definition) is 8. The van der Waals surface area contributed by atoms with Crippen molar-refractivity contribution < 1.29 is 4.74 Å². The van der Waals surface area contributed by atoms with Crippen LogP contribution in [0.2, 0.25) is 0 Å². The molecule has 0 spiro atoms. The van der Waals surface area contributed by atoms with Crippen LogP contribution in [0.5, 0.6) is 0 Å². The van der Waals surface area contributed by atoms with Crippen LogP contribution in [-0.4, -0.2) is 69.4 Å². The number of hydrogen-bond donors (Lipinski definition) is 0. The summed E-state index contributed by atoms with van der Waals surface area (Å²) in [6.45, 7) is 9.35. The van der Waals surface area contributed by atoms with Crippen LogP contribution < -0.4 is 9.80 Å². The van der Waals surface area contributed by atoms with E-state index in [1.807, 2.05) is 30.8 Å². The summed E-state index contributed by atoms with van der Waals surface area (Å²) in [6.07, 6.45) is 3.48. The van der Waals surface area contributed by atoms with Crippen molar-refractivity contribution in [2.75, 3.05) is 49.7 Å². The molecule has 5 heterocycles. The Morgan fingerprint density at radius 1 is 0.966 bits per heavy atom. The minimum Gasteiger partial charge on any atom is -0.383 e. The summed E-state index contributed by atoms with van der Waals surface area (Å²) in [6, 6.07) is 2.02. The van der Waals surface area contributed by atoms with Gasteiger partial charge in [0, 0.05) is 63.1 Å². The molecule has 9 nitrogen and oxygen atoms in total. The van der Waals surface area contributed by atoms with Gasteiger partial charge in [-0.2, -0.15) is 0 Å². The van der Waals surface area contributed by atoms with E-state index in [-0.39, 0.29) is 0 Å². The summed E-state index contributed by atoms with van der Waals surface area (Å²) in [7, 11) is 1.70. The third kappa shape index (κ3) is 3.29. The maximum absolute atomic E-state index is 5.19. The van der Waals surface area contributed by atoms with Gasteiger partial charge in [0.05, 0.1) is 12.9 Å². The lowest BCUT2D eigenvalue weighted by atomic mass is 10.0. The summed E-state index contributed by atoms with van der Waals surface area (Å²) >= 11 is 0.